The normalized spacial score (nSPS) is 12.2. The van der Waals surface area contributed by atoms with E-state index >= 15 is 0 Å². The van der Waals surface area contributed by atoms with Crippen LogP contribution in [-0.2, 0) is 19.1 Å². The smallest absolute Gasteiger partial charge is 0.310 e. The summed E-state index contributed by atoms with van der Waals surface area (Å²) >= 11 is 0. The van der Waals surface area contributed by atoms with Crippen molar-refractivity contribution in [3.05, 3.63) is 41.7 Å². The van der Waals surface area contributed by atoms with E-state index < -0.39 is 5.92 Å². The molecule has 0 aliphatic heterocycles. The molecule has 5 nitrogen and oxygen atoms in total. The number of methoxy groups -OCH3 is 1. The lowest BCUT2D eigenvalue weighted by molar-refractivity contribution is -0.146. The Morgan fingerprint density at radius 3 is 2.56 bits per heavy atom. The average molecular weight is 351 g/mol. The summed E-state index contributed by atoms with van der Waals surface area (Å²) in [6.45, 7) is 5.55. The number of ether oxygens (including phenoxy) is 2. The number of esters is 1. The van der Waals surface area contributed by atoms with Gasteiger partial charge in [0.15, 0.2) is 0 Å². The number of carbonyl (C=O) groups excluding carboxylic acids is 2. The van der Waals surface area contributed by atoms with Gasteiger partial charge in [-0.15, -0.1) is 0 Å². The highest BCUT2D eigenvalue weighted by Gasteiger charge is 2.20. The summed E-state index contributed by atoms with van der Waals surface area (Å²) in [5.41, 5.74) is 0.727. The van der Waals surface area contributed by atoms with Gasteiger partial charge >= 0.3 is 5.97 Å². The summed E-state index contributed by atoms with van der Waals surface area (Å²) in [4.78, 5) is 25.7. The fraction of sp³-hybridized carbons (Fsp3) is 0.474. The zero-order chi connectivity index (χ0) is 18.7. The number of hydrogen-bond acceptors (Lipinski definition) is 4. The molecule has 0 fully saturated rings. The van der Waals surface area contributed by atoms with Crippen LogP contribution in [0.15, 0.2) is 30.3 Å². The fourth-order valence-electron chi connectivity index (χ4n) is 2.25. The molecule has 0 bridgehead atoms. The van der Waals surface area contributed by atoms with Crippen molar-refractivity contribution in [3.63, 3.8) is 0 Å². The summed E-state index contributed by atoms with van der Waals surface area (Å²) < 4.78 is 22.9. The van der Waals surface area contributed by atoms with Crippen molar-refractivity contribution in [3.8, 4) is 0 Å². The molecular formula is C19H26FNO4. The Labute approximate surface area is 148 Å². The lowest BCUT2D eigenvalue weighted by Gasteiger charge is -2.24. The van der Waals surface area contributed by atoms with Crippen LogP contribution in [0.25, 0.3) is 6.08 Å². The second-order valence-corrected chi connectivity index (χ2v) is 5.64. The standard InChI is InChI=1S/C19H26FNO4/c1-4-25-13-5-12-21(14-15(2)19(23)24-3)18(22)11-8-16-6-9-17(20)10-7-16/h6-11,15H,4-5,12-14H2,1-3H3/b11-8+. The molecule has 1 unspecified atom stereocenters. The number of amides is 1. The summed E-state index contributed by atoms with van der Waals surface area (Å²) in [6, 6.07) is 5.86. The molecule has 0 radical (unpaired) electrons. The summed E-state index contributed by atoms with van der Waals surface area (Å²) in [6.07, 6.45) is 3.73. The van der Waals surface area contributed by atoms with E-state index in [2.05, 4.69) is 0 Å². The first-order valence-electron chi connectivity index (χ1n) is 8.36. The Hall–Kier alpha value is -2.21. The molecule has 0 aliphatic rings. The zero-order valence-electron chi connectivity index (χ0n) is 15.0. The van der Waals surface area contributed by atoms with Crippen molar-refractivity contribution in [2.24, 2.45) is 5.92 Å². The molecule has 0 aromatic heterocycles. The van der Waals surface area contributed by atoms with Gasteiger partial charge in [-0.1, -0.05) is 19.1 Å². The van der Waals surface area contributed by atoms with Crippen LogP contribution in [0, 0.1) is 11.7 Å². The first-order valence-corrected chi connectivity index (χ1v) is 8.36. The van der Waals surface area contributed by atoms with E-state index in [0.29, 0.717) is 26.2 Å². The van der Waals surface area contributed by atoms with Gasteiger partial charge in [0, 0.05) is 32.4 Å². The molecule has 1 aromatic carbocycles. The van der Waals surface area contributed by atoms with Gasteiger partial charge in [0.25, 0.3) is 0 Å². The molecule has 1 aromatic rings. The van der Waals surface area contributed by atoms with Crippen LogP contribution in [0.3, 0.4) is 0 Å². The van der Waals surface area contributed by atoms with E-state index in [1.54, 1.807) is 30.0 Å². The second kappa shape index (κ2) is 11.4. The maximum atomic E-state index is 12.9. The van der Waals surface area contributed by atoms with E-state index in [1.165, 1.54) is 25.3 Å². The molecule has 0 aliphatic carbocycles. The van der Waals surface area contributed by atoms with Crippen LogP contribution in [-0.4, -0.2) is 50.2 Å². The molecule has 1 amide bonds. The third-order valence-corrected chi connectivity index (χ3v) is 3.62. The van der Waals surface area contributed by atoms with Crippen molar-refractivity contribution in [2.45, 2.75) is 20.3 Å². The van der Waals surface area contributed by atoms with Crippen molar-refractivity contribution >= 4 is 18.0 Å². The van der Waals surface area contributed by atoms with Gasteiger partial charge in [-0.3, -0.25) is 9.59 Å². The third-order valence-electron chi connectivity index (χ3n) is 3.62. The van der Waals surface area contributed by atoms with Crippen LogP contribution >= 0.6 is 0 Å². The molecule has 0 saturated heterocycles. The fourth-order valence-corrected chi connectivity index (χ4v) is 2.25. The van der Waals surface area contributed by atoms with Gasteiger partial charge in [0.1, 0.15) is 5.82 Å². The molecule has 0 heterocycles. The average Bonchev–Trinajstić information content (AvgIpc) is 2.62. The lowest BCUT2D eigenvalue weighted by Crippen LogP contribution is -2.37. The molecule has 0 saturated carbocycles. The molecule has 0 N–H and O–H groups in total. The second-order valence-electron chi connectivity index (χ2n) is 5.64. The number of nitrogens with zero attached hydrogens (tertiary/aromatic N) is 1. The van der Waals surface area contributed by atoms with Gasteiger partial charge in [-0.05, 0) is 37.1 Å². The van der Waals surface area contributed by atoms with E-state index in [9.17, 15) is 14.0 Å². The number of carbonyl (C=O) groups is 2. The Morgan fingerprint density at radius 2 is 1.96 bits per heavy atom. The van der Waals surface area contributed by atoms with Crippen molar-refractivity contribution in [1.82, 2.24) is 4.90 Å². The highest BCUT2D eigenvalue weighted by Crippen LogP contribution is 2.08. The van der Waals surface area contributed by atoms with Crippen LogP contribution in [0.5, 0.6) is 0 Å². The predicted octanol–water partition coefficient (Wildman–Crippen LogP) is 2.90. The minimum Gasteiger partial charge on any atom is -0.469 e. The van der Waals surface area contributed by atoms with E-state index in [4.69, 9.17) is 9.47 Å². The monoisotopic (exact) mass is 351 g/mol. The molecular weight excluding hydrogens is 325 g/mol. The number of halogens is 1. The van der Waals surface area contributed by atoms with Gasteiger partial charge in [0.05, 0.1) is 13.0 Å². The molecule has 138 valence electrons. The number of benzene rings is 1. The van der Waals surface area contributed by atoms with Crippen LogP contribution in [0.4, 0.5) is 4.39 Å². The van der Waals surface area contributed by atoms with Gasteiger partial charge in [-0.25, -0.2) is 4.39 Å². The molecule has 1 atom stereocenters. The van der Waals surface area contributed by atoms with Crippen LogP contribution in [0.1, 0.15) is 25.8 Å². The topological polar surface area (TPSA) is 55.8 Å². The molecule has 6 heteroatoms. The maximum Gasteiger partial charge on any atom is 0.310 e. The summed E-state index contributed by atoms with van der Waals surface area (Å²) in [7, 11) is 1.33. The Morgan fingerprint density at radius 1 is 1.28 bits per heavy atom. The van der Waals surface area contributed by atoms with Crippen LogP contribution < -0.4 is 0 Å². The van der Waals surface area contributed by atoms with Crippen LogP contribution in [0.2, 0.25) is 0 Å². The highest BCUT2D eigenvalue weighted by atomic mass is 19.1. The Balaban J connectivity index is 2.72. The summed E-state index contributed by atoms with van der Waals surface area (Å²) in [5, 5.41) is 0. The van der Waals surface area contributed by atoms with Gasteiger partial charge in [-0.2, -0.15) is 0 Å². The van der Waals surface area contributed by atoms with Crippen molar-refractivity contribution in [1.29, 1.82) is 0 Å². The van der Waals surface area contributed by atoms with E-state index in [1.807, 2.05) is 6.92 Å². The maximum absolute atomic E-state index is 12.9. The van der Waals surface area contributed by atoms with Crippen molar-refractivity contribution < 1.29 is 23.5 Å². The van der Waals surface area contributed by atoms with Gasteiger partial charge in [0.2, 0.25) is 5.91 Å². The predicted molar refractivity (Wildman–Crippen MR) is 94.3 cm³/mol. The Bertz CT molecular complexity index is 571. The van der Waals surface area contributed by atoms with E-state index in [-0.39, 0.29) is 24.2 Å². The SMILES string of the molecule is CCOCCCN(CC(C)C(=O)OC)C(=O)/C=C/c1ccc(F)cc1. The highest BCUT2D eigenvalue weighted by molar-refractivity contribution is 5.92. The first-order chi connectivity index (χ1) is 12.0. The van der Waals surface area contributed by atoms with Crippen molar-refractivity contribution in [2.75, 3.05) is 33.4 Å². The lowest BCUT2D eigenvalue weighted by atomic mass is 10.1. The zero-order valence-corrected chi connectivity index (χ0v) is 15.0. The number of rotatable bonds is 10. The molecule has 25 heavy (non-hydrogen) atoms. The van der Waals surface area contributed by atoms with E-state index in [0.717, 1.165) is 5.56 Å². The quantitative estimate of drug-likeness (QED) is 0.369. The van der Waals surface area contributed by atoms with Gasteiger partial charge < -0.3 is 14.4 Å². The largest absolute Gasteiger partial charge is 0.469 e. The molecule has 0 spiro atoms. The third kappa shape index (κ3) is 7.94. The molecule has 1 rings (SSSR count). The minimum atomic E-state index is -0.416. The number of hydrogen-bond donors (Lipinski definition) is 0. The minimum absolute atomic E-state index is 0.212. The Kier molecular flexibility index (Phi) is 9.47. The summed E-state index contributed by atoms with van der Waals surface area (Å²) in [5.74, 6) is -1.31. The first kappa shape index (κ1) is 20.8.